The van der Waals surface area contributed by atoms with Gasteiger partial charge >= 0.3 is 0 Å². The molecule has 0 saturated heterocycles. The van der Waals surface area contributed by atoms with Gasteiger partial charge in [-0.1, -0.05) is 13.8 Å². The highest BCUT2D eigenvalue weighted by molar-refractivity contribution is 7.14. The summed E-state index contributed by atoms with van der Waals surface area (Å²) in [5, 5.41) is 10.9. The molecule has 2 aromatic heterocycles. The van der Waals surface area contributed by atoms with Crippen molar-refractivity contribution in [3.63, 3.8) is 0 Å². The first-order valence-corrected chi connectivity index (χ1v) is 7.81. The predicted octanol–water partition coefficient (Wildman–Crippen LogP) is 3.31. The molecule has 0 fully saturated rings. The van der Waals surface area contributed by atoms with Crippen molar-refractivity contribution in [2.45, 2.75) is 20.3 Å². The standard InChI is InChI=1S/C12H16N4OS2/c1-8(2)3-4-13-11-15-9(7-19-11)10(17)16-12-14-5-6-18-12/h5-8H,3-4H2,1-2H3,(H,13,15)(H,14,16,17). The Morgan fingerprint density at radius 3 is 2.89 bits per heavy atom. The third-order valence-electron chi connectivity index (χ3n) is 2.39. The summed E-state index contributed by atoms with van der Waals surface area (Å²) in [6.07, 6.45) is 2.74. The second-order valence-corrected chi connectivity index (χ2v) is 6.19. The summed E-state index contributed by atoms with van der Waals surface area (Å²) in [5.74, 6) is 0.434. The Hall–Kier alpha value is -1.47. The molecular formula is C12H16N4OS2. The third kappa shape index (κ3) is 4.29. The van der Waals surface area contributed by atoms with Crippen molar-refractivity contribution in [3.05, 3.63) is 22.7 Å². The highest BCUT2D eigenvalue weighted by Crippen LogP contribution is 2.18. The molecule has 1 amide bonds. The maximum atomic E-state index is 11.9. The van der Waals surface area contributed by atoms with Crippen LogP contribution in [0.3, 0.4) is 0 Å². The molecule has 0 bridgehead atoms. The van der Waals surface area contributed by atoms with Gasteiger partial charge in [0.25, 0.3) is 5.91 Å². The molecule has 102 valence electrons. The number of carbonyl (C=O) groups excluding carboxylic acids is 1. The smallest absolute Gasteiger partial charge is 0.276 e. The molecule has 0 spiro atoms. The zero-order chi connectivity index (χ0) is 13.7. The summed E-state index contributed by atoms with van der Waals surface area (Å²) in [4.78, 5) is 20.1. The lowest BCUT2D eigenvalue weighted by atomic mass is 10.1. The number of carbonyl (C=O) groups is 1. The number of anilines is 2. The molecule has 0 unspecified atom stereocenters. The van der Waals surface area contributed by atoms with Gasteiger partial charge in [0, 0.05) is 23.5 Å². The van der Waals surface area contributed by atoms with Crippen molar-refractivity contribution in [1.82, 2.24) is 9.97 Å². The Balaban J connectivity index is 1.87. The number of rotatable bonds is 6. The van der Waals surface area contributed by atoms with Gasteiger partial charge in [0.2, 0.25) is 0 Å². The van der Waals surface area contributed by atoms with E-state index in [0.717, 1.165) is 18.1 Å². The SMILES string of the molecule is CC(C)CCNc1nc(C(=O)Nc2nccs2)cs1. The fraction of sp³-hybridized carbons (Fsp3) is 0.417. The van der Waals surface area contributed by atoms with Gasteiger partial charge in [0.15, 0.2) is 10.3 Å². The summed E-state index contributed by atoms with van der Waals surface area (Å²) in [5.41, 5.74) is 0.423. The average molecular weight is 296 g/mol. The van der Waals surface area contributed by atoms with Gasteiger partial charge in [-0.2, -0.15) is 0 Å². The predicted molar refractivity (Wildman–Crippen MR) is 80.1 cm³/mol. The largest absolute Gasteiger partial charge is 0.361 e. The molecule has 0 atom stereocenters. The number of hydrogen-bond donors (Lipinski definition) is 2. The van der Waals surface area contributed by atoms with Crippen molar-refractivity contribution >= 4 is 38.8 Å². The van der Waals surface area contributed by atoms with E-state index in [2.05, 4.69) is 34.4 Å². The molecule has 0 aromatic carbocycles. The van der Waals surface area contributed by atoms with Crippen LogP contribution in [0.4, 0.5) is 10.3 Å². The second kappa shape index (κ2) is 6.63. The molecule has 19 heavy (non-hydrogen) atoms. The van der Waals surface area contributed by atoms with E-state index in [0.29, 0.717) is 16.7 Å². The van der Waals surface area contributed by atoms with Crippen LogP contribution < -0.4 is 10.6 Å². The molecule has 2 rings (SSSR count). The van der Waals surface area contributed by atoms with E-state index < -0.39 is 0 Å². The quantitative estimate of drug-likeness (QED) is 0.858. The van der Waals surface area contributed by atoms with E-state index in [1.807, 2.05) is 5.38 Å². The minimum Gasteiger partial charge on any atom is -0.361 e. The molecule has 0 saturated carbocycles. The highest BCUT2D eigenvalue weighted by Gasteiger charge is 2.11. The minimum atomic E-state index is -0.219. The van der Waals surface area contributed by atoms with Gasteiger partial charge < -0.3 is 5.32 Å². The van der Waals surface area contributed by atoms with E-state index in [-0.39, 0.29) is 5.91 Å². The summed E-state index contributed by atoms with van der Waals surface area (Å²) in [6, 6.07) is 0. The van der Waals surface area contributed by atoms with Crippen molar-refractivity contribution in [1.29, 1.82) is 0 Å². The lowest BCUT2D eigenvalue weighted by molar-refractivity contribution is 0.102. The Morgan fingerprint density at radius 2 is 2.21 bits per heavy atom. The van der Waals surface area contributed by atoms with Crippen LogP contribution >= 0.6 is 22.7 Å². The van der Waals surface area contributed by atoms with Crippen LogP contribution in [0.2, 0.25) is 0 Å². The summed E-state index contributed by atoms with van der Waals surface area (Å²) >= 11 is 2.83. The normalized spacial score (nSPS) is 10.7. The zero-order valence-corrected chi connectivity index (χ0v) is 12.5. The van der Waals surface area contributed by atoms with Crippen LogP contribution in [0.5, 0.6) is 0 Å². The molecule has 7 heteroatoms. The molecule has 0 aliphatic carbocycles. The first-order chi connectivity index (χ1) is 9.15. The molecule has 2 aromatic rings. The van der Waals surface area contributed by atoms with Crippen LogP contribution in [0, 0.1) is 5.92 Å². The van der Waals surface area contributed by atoms with E-state index in [1.54, 1.807) is 11.6 Å². The number of amides is 1. The Morgan fingerprint density at radius 1 is 1.37 bits per heavy atom. The fourth-order valence-electron chi connectivity index (χ4n) is 1.37. The number of hydrogen-bond acceptors (Lipinski definition) is 6. The molecule has 0 aliphatic rings. The number of thiazole rings is 2. The number of nitrogens with one attached hydrogen (secondary N) is 2. The van der Waals surface area contributed by atoms with Gasteiger partial charge in [0.1, 0.15) is 5.69 Å². The topological polar surface area (TPSA) is 66.9 Å². The Kier molecular flexibility index (Phi) is 4.86. The summed E-state index contributed by atoms with van der Waals surface area (Å²) in [6.45, 7) is 5.23. The summed E-state index contributed by atoms with van der Waals surface area (Å²) < 4.78 is 0. The van der Waals surface area contributed by atoms with Gasteiger partial charge in [-0.05, 0) is 12.3 Å². The first kappa shape index (κ1) is 14.0. The van der Waals surface area contributed by atoms with Gasteiger partial charge in [0.05, 0.1) is 0 Å². The van der Waals surface area contributed by atoms with Crippen LogP contribution in [0.15, 0.2) is 17.0 Å². The zero-order valence-electron chi connectivity index (χ0n) is 10.8. The minimum absolute atomic E-state index is 0.219. The second-order valence-electron chi connectivity index (χ2n) is 4.44. The van der Waals surface area contributed by atoms with Crippen LogP contribution in [0.25, 0.3) is 0 Å². The van der Waals surface area contributed by atoms with Crippen molar-refractivity contribution in [2.24, 2.45) is 5.92 Å². The van der Waals surface area contributed by atoms with Gasteiger partial charge in [-0.25, -0.2) is 9.97 Å². The highest BCUT2D eigenvalue weighted by atomic mass is 32.1. The van der Waals surface area contributed by atoms with E-state index in [1.165, 1.54) is 22.7 Å². The average Bonchev–Trinajstić information content (AvgIpc) is 2.99. The molecular weight excluding hydrogens is 280 g/mol. The van der Waals surface area contributed by atoms with E-state index in [4.69, 9.17) is 0 Å². The number of aromatic nitrogens is 2. The first-order valence-electron chi connectivity index (χ1n) is 6.05. The van der Waals surface area contributed by atoms with Crippen LogP contribution in [-0.4, -0.2) is 22.4 Å². The van der Waals surface area contributed by atoms with Crippen molar-refractivity contribution in [2.75, 3.05) is 17.2 Å². The van der Waals surface area contributed by atoms with Crippen LogP contribution in [-0.2, 0) is 0 Å². The molecule has 0 radical (unpaired) electrons. The van der Waals surface area contributed by atoms with Crippen LogP contribution in [0.1, 0.15) is 30.8 Å². The summed E-state index contributed by atoms with van der Waals surface area (Å²) in [7, 11) is 0. The lowest BCUT2D eigenvalue weighted by Gasteiger charge is -2.04. The molecule has 2 heterocycles. The van der Waals surface area contributed by atoms with Gasteiger partial charge in [-0.3, -0.25) is 10.1 Å². The maximum Gasteiger partial charge on any atom is 0.276 e. The Bertz CT molecular complexity index is 522. The van der Waals surface area contributed by atoms with E-state index >= 15 is 0 Å². The monoisotopic (exact) mass is 296 g/mol. The molecule has 2 N–H and O–H groups in total. The van der Waals surface area contributed by atoms with Crippen molar-refractivity contribution < 1.29 is 4.79 Å². The lowest BCUT2D eigenvalue weighted by Crippen LogP contribution is -2.12. The Labute approximate surface area is 120 Å². The maximum absolute atomic E-state index is 11.9. The number of nitrogens with zero attached hydrogens (tertiary/aromatic N) is 2. The fourth-order valence-corrected chi connectivity index (χ4v) is 2.62. The molecule has 5 nitrogen and oxygen atoms in total. The molecule has 0 aliphatic heterocycles. The van der Waals surface area contributed by atoms with Gasteiger partial charge in [-0.15, -0.1) is 22.7 Å². The third-order valence-corrected chi connectivity index (χ3v) is 3.88. The van der Waals surface area contributed by atoms with E-state index in [9.17, 15) is 4.79 Å². The van der Waals surface area contributed by atoms with Crippen molar-refractivity contribution in [3.8, 4) is 0 Å².